The Morgan fingerprint density at radius 3 is 2.65 bits per heavy atom. The van der Waals surface area contributed by atoms with E-state index in [4.69, 9.17) is 10.5 Å². The normalized spacial score (nSPS) is 12.9. The van der Waals surface area contributed by atoms with Gasteiger partial charge in [0.05, 0.1) is 6.61 Å². The monoisotopic (exact) mass is 237 g/mol. The quantitative estimate of drug-likeness (QED) is 0.730. The van der Waals surface area contributed by atoms with E-state index < -0.39 is 0 Å². The summed E-state index contributed by atoms with van der Waals surface area (Å²) in [5.74, 6) is 0. The molecule has 4 nitrogen and oxygen atoms in total. The van der Waals surface area contributed by atoms with Crippen LogP contribution in [0, 0.1) is 0 Å². The van der Waals surface area contributed by atoms with Gasteiger partial charge in [0, 0.05) is 45.2 Å². The largest absolute Gasteiger partial charge is 0.383 e. The van der Waals surface area contributed by atoms with Crippen LogP contribution in [0.25, 0.3) is 0 Å². The first-order valence-electron chi connectivity index (χ1n) is 6.08. The number of hydrogen-bond donors (Lipinski definition) is 1. The zero-order valence-electron chi connectivity index (χ0n) is 10.8. The molecule has 1 aromatic heterocycles. The van der Waals surface area contributed by atoms with Crippen LogP contribution in [0.2, 0.25) is 0 Å². The molecule has 4 heteroatoms. The van der Waals surface area contributed by atoms with Crippen LogP contribution in [0.3, 0.4) is 0 Å². The number of aromatic nitrogens is 1. The fraction of sp³-hybridized carbons (Fsp3) is 0.615. The molecule has 1 rings (SSSR count). The lowest BCUT2D eigenvalue weighted by molar-refractivity contribution is 0.145. The third kappa shape index (κ3) is 6.36. The topological polar surface area (TPSA) is 51.4 Å². The summed E-state index contributed by atoms with van der Waals surface area (Å²) in [6.45, 7) is 5.64. The van der Waals surface area contributed by atoms with Gasteiger partial charge in [-0.1, -0.05) is 0 Å². The van der Waals surface area contributed by atoms with Crippen LogP contribution >= 0.6 is 0 Å². The van der Waals surface area contributed by atoms with Crippen molar-refractivity contribution in [3.63, 3.8) is 0 Å². The first-order valence-corrected chi connectivity index (χ1v) is 6.08. The molecular weight excluding hydrogens is 214 g/mol. The highest BCUT2D eigenvalue weighted by Gasteiger charge is 2.07. The van der Waals surface area contributed by atoms with Crippen molar-refractivity contribution in [2.45, 2.75) is 19.4 Å². The summed E-state index contributed by atoms with van der Waals surface area (Å²) < 4.78 is 5.11. The highest BCUT2D eigenvalue weighted by Crippen LogP contribution is 2.00. The number of pyridine rings is 1. The average molecular weight is 237 g/mol. The van der Waals surface area contributed by atoms with Crippen molar-refractivity contribution in [2.24, 2.45) is 5.73 Å². The maximum Gasteiger partial charge on any atom is 0.0589 e. The molecule has 1 aromatic rings. The molecule has 2 N–H and O–H groups in total. The van der Waals surface area contributed by atoms with Crippen LogP contribution in [-0.4, -0.2) is 49.3 Å². The van der Waals surface area contributed by atoms with Gasteiger partial charge in [0.15, 0.2) is 0 Å². The second kappa shape index (κ2) is 8.17. The molecule has 0 radical (unpaired) electrons. The number of rotatable bonds is 8. The average Bonchev–Trinajstić information content (AvgIpc) is 2.33. The molecule has 0 amide bonds. The van der Waals surface area contributed by atoms with Crippen molar-refractivity contribution in [3.8, 4) is 0 Å². The van der Waals surface area contributed by atoms with Gasteiger partial charge >= 0.3 is 0 Å². The predicted molar refractivity (Wildman–Crippen MR) is 69.9 cm³/mol. The third-order valence-electron chi connectivity index (χ3n) is 2.62. The Kier molecular flexibility index (Phi) is 6.77. The lowest BCUT2D eigenvalue weighted by atomic mass is 10.2. The number of ether oxygens (including phenoxy) is 1. The standard InChI is InChI=1S/C13H23N3O/c1-12(14)11-16(9-10-17-2)8-5-13-3-6-15-7-4-13/h3-4,6-7,12H,5,8-11,14H2,1-2H3/t12-/m0/s1. The summed E-state index contributed by atoms with van der Waals surface area (Å²) in [6, 6.07) is 4.31. The fourth-order valence-electron chi connectivity index (χ4n) is 1.76. The number of nitrogens with zero attached hydrogens (tertiary/aromatic N) is 2. The van der Waals surface area contributed by atoms with Crippen molar-refractivity contribution in [1.82, 2.24) is 9.88 Å². The number of nitrogens with two attached hydrogens (primary N) is 1. The Hall–Kier alpha value is -0.970. The fourth-order valence-corrected chi connectivity index (χ4v) is 1.76. The molecule has 0 aliphatic heterocycles. The van der Waals surface area contributed by atoms with E-state index in [0.29, 0.717) is 0 Å². The first kappa shape index (κ1) is 14.1. The Bertz CT molecular complexity index is 290. The van der Waals surface area contributed by atoms with E-state index in [0.717, 1.165) is 32.7 Å². The Labute approximate surface area is 104 Å². The molecule has 0 bridgehead atoms. The van der Waals surface area contributed by atoms with E-state index in [1.165, 1.54) is 5.56 Å². The SMILES string of the molecule is COCCN(CCc1ccncc1)C[C@H](C)N. The predicted octanol–water partition coefficient (Wildman–Crippen LogP) is 0.920. The molecule has 0 aromatic carbocycles. The van der Waals surface area contributed by atoms with Crippen LogP contribution in [0.15, 0.2) is 24.5 Å². The van der Waals surface area contributed by atoms with Crippen molar-refractivity contribution in [3.05, 3.63) is 30.1 Å². The molecular formula is C13H23N3O. The van der Waals surface area contributed by atoms with Gasteiger partial charge in [-0.05, 0) is 31.0 Å². The van der Waals surface area contributed by atoms with E-state index in [9.17, 15) is 0 Å². The third-order valence-corrected chi connectivity index (χ3v) is 2.62. The molecule has 0 saturated heterocycles. The number of methoxy groups -OCH3 is 1. The van der Waals surface area contributed by atoms with Crippen LogP contribution in [-0.2, 0) is 11.2 Å². The second-order valence-electron chi connectivity index (χ2n) is 4.38. The van der Waals surface area contributed by atoms with Gasteiger partial charge in [0.25, 0.3) is 0 Å². The Balaban J connectivity index is 2.37. The van der Waals surface area contributed by atoms with E-state index in [1.807, 2.05) is 19.3 Å². The molecule has 0 fully saturated rings. The summed E-state index contributed by atoms with van der Waals surface area (Å²) in [6.07, 6.45) is 4.69. The van der Waals surface area contributed by atoms with Gasteiger partial charge in [-0.3, -0.25) is 9.88 Å². The van der Waals surface area contributed by atoms with Crippen LogP contribution in [0.5, 0.6) is 0 Å². The molecule has 0 saturated carbocycles. The highest BCUT2D eigenvalue weighted by molar-refractivity contribution is 5.09. The summed E-state index contributed by atoms with van der Waals surface area (Å²) in [7, 11) is 1.73. The summed E-state index contributed by atoms with van der Waals surface area (Å²) >= 11 is 0. The highest BCUT2D eigenvalue weighted by atomic mass is 16.5. The molecule has 1 heterocycles. The molecule has 1 atom stereocenters. The van der Waals surface area contributed by atoms with E-state index >= 15 is 0 Å². The zero-order chi connectivity index (χ0) is 12.5. The molecule has 0 aliphatic carbocycles. The maximum absolute atomic E-state index is 5.84. The minimum atomic E-state index is 0.198. The van der Waals surface area contributed by atoms with Crippen molar-refractivity contribution in [2.75, 3.05) is 33.4 Å². The molecule has 96 valence electrons. The van der Waals surface area contributed by atoms with Crippen LogP contribution < -0.4 is 5.73 Å². The molecule has 0 spiro atoms. The smallest absolute Gasteiger partial charge is 0.0589 e. The van der Waals surface area contributed by atoms with Gasteiger partial charge in [-0.2, -0.15) is 0 Å². The Morgan fingerprint density at radius 1 is 1.35 bits per heavy atom. The van der Waals surface area contributed by atoms with Gasteiger partial charge < -0.3 is 10.5 Å². The molecule has 0 aliphatic rings. The van der Waals surface area contributed by atoms with Crippen LogP contribution in [0.4, 0.5) is 0 Å². The van der Waals surface area contributed by atoms with Gasteiger partial charge in [0.1, 0.15) is 0 Å². The van der Waals surface area contributed by atoms with Gasteiger partial charge in [-0.25, -0.2) is 0 Å². The van der Waals surface area contributed by atoms with E-state index in [2.05, 4.69) is 22.0 Å². The van der Waals surface area contributed by atoms with Crippen molar-refractivity contribution >= 4 is 0 Å². The van der Waals surface area contributed by atoms with Crippen LogP contribution in [0.1, 0.15) is 12.5 Å². The Morgan fingerprint density at radius 2 is 2.06 bits per heavy atom. The lowest BCUT2D eigenvalue weighted by Crippen LogP contribution is -2.38. The lowest BCUT2D eigenvalue weighted by Gasteiger charge is -2.23. The molecule has 17 heavy (non-hydrogen) atoms. The second-order valence-corrected chi connectivity index (χ2v) is 4.38. The van der Waals surface area contributed by atoms with E-state index in [1.54, 1.807) is 7.11 Å². The van der Waals surface area contributed by atoms with E-state index in [-0.39, 0.29) is 6.04 Å². The van der Waals surface area contributed by atoms with Crippen molar-refractivity contribution < 1.29 is 4.74 Å². The minimum Gasteiger partial charge on any atom is -0.383 e. The summed E-state index contributed by atoms with van der Waals surface area (Å²) in [5.41, 5.74) is 7.15. The summed E-state index contributed by atoms with van der Waals surface area (Å²) in [5, 5.41) is 0. The van der Waals surface area contributed by atoms with Crippen molar-refractivity contribution in [1.29, 1.82) is 0 Å². The van der Waals surface area contributed by atoms with Gasteiger partial charge in [-0.15, -0.1) is 0 Å². The summed E-state index contributed by atoms with van der Waals surface area (Å²) in [4.78, 5) is 6.36. The maximum atomic E-state index is 5.84. The number of hydrogen-bond acceptors (Lipinski definition) is 4. The molecule has 0 unspecified atom stereocenters. The van der Waals surface area contributed by atoms with Gasteiger partial charge in [0.2, 0.25) is 0 Å². The first-order chi connectivity index (χ1) is 8.22. The minimum absolute atomic E-state index is 0.198. The zero-order valence-corrected chi connectivity index (χ0v) is 10.8.